The molecule has 4 aliphatic rings. The van der Waals surface area contributed by atoms with Crippen molar-refractivity contribution in [3.05, 3.63) is 384 Å². The zero-order valence-corrected chi connectivity index (χ0v) is 62.1. The molecule has 0 aromatic heterocycles. The maximum Gasteiger partial charge on any atom is 0.0569 e. The summed E-state index contributed by atoms with van der Waals surface area (Å²) in [4.78, 5) is 5.13. The van der Waals surface area contributed by atoms with Gasteiger partial charge in [-0.2, -0.15) is 0 Å². The van der Waals surface area contributed by atoms with Gasteiger partial charge in [-0.05, 0) is 265 Å². The molecule has 512 valence electrons. The molecule has 0 spiro atoms. The van der Waals surface area contributed by atoms with Crippen molar-refractivity contribution in [2.75, 3.05) is 9.80 Å². The maximum absolute atomic E-state index is 2.58. The Morgan fingerprint density at radius 3 is 1.01 bits per heavy atom. The summed E-state index contributed by atoms with van der Waals surface area (Å²) in [5.41, 5.74) is 40.2. The molecular formula is C105H82N2. The Hall–Kier alpha value is -12.4. The fourth-order valence-electron chi connectivity index (χ4n) is 19.2. The van der Waals surface area contributed by atoms with E-state index in [1.54, 1.807) is 0 Å². The Labute approximate surface area is 629 Å². The van der Waals surface area contributed by atoms with Gasteiger partial charge in [0.05, 0.1) is 11.4 Å². The number of fused-ring (bicyclic) bond motifs is 14. The van der Waals surface area contributed by atoms with Crippen LogP contribution in [0.3, 0.4) is 0 Å². The van der Waals surface area contributed by atoms with Gasteiger partial charge in [0.25, 0.3) is 0 Å². The summed E-state index contributed by atoms with van der Waals surface area (Å²) in [5, 5.41) is 4.88. The summed E-state index contributed by atoms with van der Waals surface area (Å²) in [6.45, 7) is 21.5. The molecule has 2 nitrogen and oxygen atoms in total. The predicted octanol–water partition coefficient (Wildman–Crippen LogP) is 28.8. The lowest BCUT2D eigenvalue weighted by molar-refractivity contribution is 0.659. The molecule has 0 saturated heterocycles. The second-order valence-corrected chi connectivity index (χ2v) is 32.5. The van der Waals surface area contributed by atoms with E-state index >= 15 is 0 Å². The Kier molecular flexibility index (Phi) is 14.3. The minimum absolute atomic E-state index is 0.188. The highest BCUT2D eigenvalue weighted by Gasteiger charge is 2.41. The first-order valence-corrected chi connectivity index (χ1v) is 38.0. The molecule has 107 heavy (non-hydrogen) atoms. The van der Waals surface area contributed by atoms with Crippen LogP contribution in [0.2, 0.25) is 0 Å². The van der Waals surface area contributed by atoms with Gasteiger partial charge in [0.15, 0.2) is 0 Å². The third-order valence-electron chi connectivity index (χ3n) is 24.9. The quantitative estimate of drug-likeness (QED) is 0.127. The lowest BCUT2D eigenvalue weighted by Crippen LogP contribution is -2.19. The van der Waals surface area contributed by atoms with Crippen LogP contribution in [0.5, 0.6) is 0 Å². The van der Waals surface area contributed by atoms with Gasteiger partial charge in [-0.25, -0.2) is 0 Å². The average molecular weight is 1370 g/mol. The molecule has 16 aromatic carbocycles. The molecule has 0 unspecified atom stereocenters. The van der Waals surface area contributed by atoms with Crippen molar-refractivity contribution in [1.29, 1.82) is 0 Å². The summed E-state index contributed by atoms with van der Waals surface area (Å²) in [5.74, 6) is 0. The second-order valence-electron chi connectivity index (χ2n) is 32.5. The Morgan fingerprint density at radius 2 is 0.523 bits per heavy atom. The summed E-state index contributed by atoms with van der Waals surface area (Å²) in [6, 6.07) is 127. The highest BCUT2D eigenvalue weighted by atomic mass is 15.2. The van der Waals surface area contributed by atoms with Crippen molar-refractivity contribution in [1.82, 2.24) is 0 Å². The molecule has 0 fully saturated rings. The topological polar surface area (TPSA) is 6.48 Å². The fourth-order valence-corrected chi connectivity index (χ4v) is 19.2. The third kappa shape index (κ3) is 9.98. The van der Waals surface area contributed by atoms with Gasteiger partial charge in [-0.1, -0.05) is 292 Å². The van der Waals surface area contributed by atoms with Gasteiger partial charge < -0.3 is 9.80 Å². The molecule has 0 atom stereocenters. The zero-order valence-electron chi connectivity index (χ0n) is 62.1. The van der Waals surface area contributed by atoms with Gasteiger partial charge >= 0.3 is 0 Å². The highest BCUT2D eigenvalue weighted by Crippen LogP contribution is 2.58. The first-order valence-electron chi connectivity index (χ1n) is 38.0. The zero-order chi connectivity index (χ0) is 72.4. The van der Waals surface area contributed by atoms with Crippen molar-refractivity contribution >= 4 is 55.7 Å². The van der Waals surface area contributed by atoms with Crippen LogP contribution in [-0.2, 0) is 21.7 Å². The van der Waals surface area contributed by atoms with E-state index in [4.69, 9.17) is 0 Å². The van der Waals surface area contributed by atoms with E-state index in [9.17, 15) is 0 Å². The number of anilines is 6. The molecule has 4 aliphatic carbocycles. The summed E-state index contributed by atoms with van der Waals surface area (Å²) >= 11 is 0. The summed E-state index contributed by atoms with van der Waals surface area (Å²) in [6.07, 6.45) is 0. The smallest absolute Gasteiger partial charge is 0.0569 e. The molecule has 0 N–H and O–H groups in total. The summed E-state index contributed by atoms with van der Waals surface area (Å²) < 4.78 is 0. The van der Waals surface area contributed by atoms with Crippen molar-refractivity contribution in [3.63, 3.8) is 0 Å². The van der Waals surface area contributed by atoms with Crippen LogP contribution in [0, 0.1) is 6.92 Å². The van der Waals surface area contributed by atoms with Crippen LogP contribution in [-0.4, -0.2) is 0 Å². The normalized spacial score (nSPS) is 14.5. The number of hydrogen-bond acceptors (Lipinski definition) is 2. The fraction of sp³-hybridized carbons (Fsp3) is 0.124. The number of hydrogen-bond donors (Lipinski definition) is 0. The largest absolute Gasteiger partial charge is 0.310 e. The Bertz CT molecular complexity index is 6300. The van der Waals surface area contributed by atoms with Crippen LogP contribution in [0.15, 0.2) is 334 Å². The molecule has 20 rings (SSSR count). The van der Waals surface area contributed by atoms with Crippen molar-refractivity contribution < 1.29 is 0 Å². The van der Waals surface area contributed by atoms with Gasteiger partial charge in [0, 0.05) is 55.5 Å². The van der Waals surface area contributed by atoms with Crippen molar-refractivity contribution in [2.45, 2.75) is 84.0 Å². The average Bonchev–Trinajstić information content (AvgIpc) is 1.62. The van der Waals surface area contributed by atoms with E-state index in [2.05, 4.69) is 406 Å². The number of benzene rings is 16. The van der Waals surface area contributed by atoms with Gasteiger partial charge in [-0.3, -0.25) is 0 Å². The Morgan fingerprint density at radius 1 is 0.187 bits per heavy atom. The lowest BCUT2D eigenvalue weighted by Gasteiger charge is -2.32. The minimum Gasteiger partial charge on any atom is -0.310 e. The monoisotopic (exact) mass is 1370 g/mol. The van der Waals surface area contributed by atoms with E-state index in [1.807, 2.05) is 0 Å². The molecule has 2 heteroatoms. The first kappa shape index (κ1) is 64.3. The molecule has 0 radical (unpaired) electrons. The molecule has 0 bridgehead atoms. The van der Waals surface area contributed by atoms with Crippen LogP contribution in [0.4, 0.5) is 34.1 Å². The molecule has 0 saturated carbocycles. The molecule has 0 aliphatic heterocycles. The van der Waals surface area contributed by atoms with Gasteiger partial charge in [0.1, 0.15) is 0 Å². The summed E-state index contributed by atoms with van der Waals surface area (Å²) in [7, 11) is 0. The van der Waals surface area contributed by atoms with Crippen molar-refractivity contribution in [2.24, 2.45) is 0 Å². The molecule has 0 heterocycles. The van der Waals surface area contributed by atoms with E-state index in [1.165, 1.54) is 166 Å². The van der Waals surface area contributed by atoms with Gasteiger partial charge in [-0.15, -0.1) is 0 Å². The van der Waals surface area contributed by atoms with Crippen LogP contribution < -0.4 is 9.80 Å². The van der Waals surface area contributed by atoms with Gasteiger partial charge in [0.2, 0.25) is 0 Å². The maximum atomic E-state index is 2.58. The first-order chi connectivity index (χ1) is 51.9. The third-order valence-corrected chi connectivity index (χ3v) is 24.9. The van der Waals surface area contributed by atoms with E-state index in [-0.39, 0.29) is 21.7 Å². The molecule has 16 aromatic rings. The number of nitrogens with zero attached hydrogens (tertiary/aromatic N) is 2. The van der Waals surface area contributed by atoms with Crippen molar-refractivity contribution in [3.8, 4) is 100 Å². The van der Waals surface area contributed by atoms with Crippen LogP contribution >= 0.6 is 0 Å². The number of aryl methyl sites for hydroxylation is 1. The standard InChI is InChI=1S/C105H82N2/c1-65-54-77(66-24-11-10-12-25-66)59-91(76-41-39-68-27-14-16-29-70(68)57-76)101(65)107(80-46-51-88-84-34-19-22-37-94(84)104(6,7)98(88)63-80)81-47-52-89-85-48-42-74(60-95(85)105(8,9)99(89)64-81)72-31-23-30-71(55-72)73-43-53-100(90(58-73)75-40-38-67-26-13-15-28-69(67)56-75)106(78-44-49-86-82-32-17-20-35-92(82)102(2,3)96(86)61-78)79-45-50-87-83-33-18-21-36-93(83)103(4,5)97(87)62-79/h10-64H,1-9H3. The minimum atomic E-state index is -0.345. The second kappa shape index (κ2) is 23.8. The predicted molar refractivity (Wildman–Crippen MR) is 453 cm³/mol. The van der Waals surface area contributed by atoms with Crippen LogP contribution in [0.1, 0.15) is 105 Å². The highest BCUT2D eigenvalue weighted by molar-refractivity contribution is 6.01. The lowest BCUT2D eigenvalue weighted by atomic mass is 9.81. The Balaban J connectivity index is 0.707. The number of rotatable bonds is 11. The molecular weight excluding hydrogens is 1290 g/mol. The SMILES string of the molecule is Cc1cc(-c2ccccc2)cc(-c2ccc3ccccc3c2)c1N(c1ccc2c(c1)C(C)(C)c1ccccc1-2)c1ccc2c(c1)C(C)(C)c1cc(-c3cccc(-c4ccc(N(c5ccc6c(c5)C(C)(C)c5ccccc5-6)c5ccc6c(c5)C(C)(C)c5ccccc5-6)c(-c5ccc6ccccc6c5)c4)c3)ccc1-2. The molecule has 0 amide bonds. The van der Waals surface area contributed by atoms with E-state index < -0.39 is 0 Å². The van der Waals surface area contributed by atoms with E-state index in [0.717, 1.165) is 39.6 Å². The van der Waals surface area contributed by atoms with E-state index in [0.29, 0.717) is 0 Å². The van der Waals surface area contributed by atoms with Crippen LogP contribution in [0.25, 0.3) is 122 Å².